The van der Waals surface area contributed by atoms with Crippen LogP contribution in [0.3, 0.4) is 0 Å². The average Bonchev–Trinajstić information content (AvgIpc) is 2.63. The smallest absolute Gasteiger partial charge is 0.0345 e. The molecule has 0 aliphatic heterocycles. The quantitative estimate of drug-likeness (QED) is 0.779. The molecule has 78 valence electrons. The molecule has 0 radical (unpaired) electrons. The lowest BCUT2D eigenvalue weighted by Crippen LogP contribution is -2.06. The van der Waals surface area contributed by atoms with Crippen LogP contribution in [-0.2, 0) is 0 Å². The number of fused-ring (bicyclic) bond motifs is 1. The van der Waals surface area contributed by atoms with Crippen LogP contribution >= 0.6 is 11.3 Å². The second-order valence-corrected chi connectivity index (χ2v) is 5.92. The van der Waals surface area contributed by atoms with E-state index in [-0.39, 0.29) is 5.41 Å². The summed E-state index contributed by atoms with van der Waals surface area (Å²) in [5.74, 6) is 0.550. The molecular weight excluding hydrogens is 202 g/mol. The van der Waals surface area contributed by atoms with Crippen LogP contribution in [0, 0.1) is 5.41 Å². The number of thiophene rings is 1. The van der Waals surface area contributed by atoms with Gasteiger partial charge in [0.2, 0.25) is 0 Å². The molecule has 3 rings (SSSR count). The molecular formula is C13H15NS. The number of hydrogen-bond donors (Lipinski definition) is 1. The Labute approximate surface area is 93.9 Å². The van der Waals surface area contributed by atoms with Gasteiger partial charge < -0.3 is 5.73 Å². The van der Waals surface area contributed by atoms with E-state index in [0.29, 0.717) is 12.0 Å². The van der Waals surface area contributed by atoms with Gasteiger partial charge in [0.1, 0.15) is 0 Å². The SMILES string of the molecule is CC1(C)[C@H](N)[C@H]1c1csc2ccccc12. The minimum Gasteiger partial charge on any atom is -0.327 e. The molecule has 2 N–H and O–H groups in total. The third kappa shape index (κ3) is 1.18. The zero-order valence-electron chi connectivity index (χ0n) is 9.03. The highest BCUT2D eigenvalue weighted by molar-refractivity contribution is 7.17. The number of hydrogen-bond acceptors (Lipinski definition) is 2. The van der Waals surface area contributed by atoms with Gasteiger partial charge >= 0.3 is 0 Å². The van der Waals surface area contributed by atoms with Crippen molar-refractivity contribution >= 4 is 21.4 Å². The van der Waals surface area contributed by atoms with Crippen molar-refractivity contribution in [2.45, 2.75) is 25.8 Å². The van der Waals surface area contributed by atoms with Gasteiger partial charge in [-0.05, 0) is 27.8 Å². The van der Waals surface area contributed by atoms with E-state index < -0.39 is 0 Å². The predicted octanol–water partition coefficient (Wildman–Crippen LogP) is 3.35. The Bertz CT molecular complexity index is 512. The number of rotatable bonds is 1. The van der Waals surface area contributed by atoms with Crippen molar-refractivity contribution in [2.75, 3.05) is 0 Å². The van der Waals surface area contributed by atoms with Gasteiger partial charge in [0.15, 0.2) is 0 Å². The lowest BCUT2D eigenvalue weighted by atomic mass is 10.0. The van der Waals surface area contributed by atoms with Gasteiger partial charge in [-0.1, -0.05) is 32.0 Å². The molecule has 1 nitrogen and oxygen atoms in total. The first-order valence-corrected chi connectivity index (χ1v) is 6.22. The van der Waals surface area contributed by atoms with E-state index in [1.807, 2.05) is 11.3 Å². The molecule has 0 unspecified atom stereocenters. The fourth-order valence-corrected chi connectivity index (χ4v) is 3.51. The molecule has 0 bridgehead atoms. The summed E-state index contributed by atoms with van der Waals surface area (Å²) >= 11 is 1.83. The van der Waals surface area contributed by atoms with Gasteiger partial charge in [-0.3, -0.25) is 0 Å². The summed E-state index contributed by atoms with van der Waals surface area (Å²) in [6.45, 7) is 4.52. The average molecular weight is 217 g/mol. The van der Waals surface area contributed by atoms with E-state index >= 15 is 0 Å². The molecule has 1 aromatic heterocycles. The molecule has 1 fully saturated rings. The summed E-state index contributed by atoms with van der Waals surface area (Å²) in [7, 11) is 0. The maximum atomic E-state index is 6.13. The van der Waals surface area contributed by atoms with E-state index in [1.165, 1.54) is 15.6 Å². The second kappa shape index (κ2) is 2.83. The van der Waals surface area contributed by atoms with E-state index in [9.17, 15) is 0 Å². The fraction of sp³-hybridized carbons (Fsp3) is 0.385. The van der Waals surface area contributed by atoms with Gasteiger partial charge in [-0.25, -0.2) is 0 Å². The predicted molar refractivity (Wildman–Crippen MR) is 66.3 cm³/mol. The minimum absolute atomic E-state index is 0.282. The largest absolute Gasteiger partial charge is 0.327 e. The monoisotopic (exact) mass is 217 g/mol. The molecule has 0 amide bonds. The van der Waals surface area contributed by atoms with Gasteiger partial charge in [0, 0.05) is 16.7 Å². The number of benzene rings is 1. The van der Waals surface area contributed by atoms with Crippen molar-refractivity contribution in [1.29, 1.82) is 0 Å². The highest BCUT2D eigenvalue weighted by atomic mass is 32.1. The Morgan fingerprint density at radius 3 is 2.60 bits per heavy atom. The summed E-state index contributed by atoms with van der Waals surface area (Å²) in [6, 6.07) is 8.93. The molecule has 0 saturated heterocycles. The van der Waals surface area contributed by atoms with Crippen molar-refractivity contribution in [3.05, 3.63) is 35.2 Å². The summed E-state index contributed by atoms with van der Waals surface area (Å²) in [6.07, 6.45) is 0. The van der Waals surface area contributed by atoms with Gasteiger partial charge in [0.25, 0.3) is 0 Å². The van der Waals surface area contributed by atoms with Crippen LogP contribution < -0.4 is 5.73 Å². The molecule has 1 aliphatic carbocycles. The maximum absolute atomic E-state index is 6.13. The van der Waals surface area contributed by atoms with Crippen LogP contribution in [0.1, 0.15) is 25.3 Å². The van der Waals surface area contributed by atoms with E-state index in [4.69, 9.17) is 5.73 Å². The van der Waals surface area contributed by atoms with E-state index in [0.717, 1.165) is 0 Å². The van der Waals surface area contributed by atoms with Gasteiger partial charge in [0.05, 0.1) is 0 Å². The Kier molecular flexibility index (Phi) is 1.77. The maximum Gasteiger partial charge on any atom is 0.0345 e. The highest BCUT2D eigenvalue weighted by Crippen LogP contribution is 2.59. The zero-order valence-corrected chi connectivity index (χ0v) is 9.84. The lowest BCUT2D eigenvalue weighted by molar-refractivity contribution is 0.600. The molecule has 1 saturated carbocycles. The Morgan fingerprint density at radius 1 is 1.27 bits per heavy atom. The molecule has 2 heteroatoms. The third-order valence-corrected chi connectivity index (χ3v) is 4.74. The van der Waals surface area contributed by atoms with Crippen molar-refractivity contribution < 1.29 is 0 Å². The summed E-state index contributed by atoms with van der Waals surface area (Å²) in [4.78, 5) is 0. The van der Waals surface area contributed by atoms with Crippen molar-refractivity contribution in [2.24, 2.45) is 11.1 Å². The van der Waals surface area contributed by atoms with Crippen LogP contribution in [0.25, 0.3) is 10.1 Å². The first-order valence-electron chi connectivity index (χ1n) is 5.34. The normalized spacial score (nSPS) is 28.2. The standard InChI is InChI=1S/C13H15NS/c1-13(2)11(12(13)14)9-7-15-10-6-4-3-5-8(9)10/h3-7,11-12H,14H2,1-2H3/t11-,12-/m1/s1. The summed E-state index contributed by atoms with van der Waals surface area (Å²) in [5.41, 5.74) is 7.86. The van der Waals surface area contributed by atoms with Crippen LogP contribution in [-0.4, -0.2) is 6.04 Å². The van der Waals surface area contributed by atoms with Crippen molar-refractivity contribution in [3.63, 3.8) is 0 Å². The van der Waals surface area contributed by atoms with E-state index in [1.54, 1.807) is 0 Å². The first kappa shape index (κ1) is 9.37. The molecule has 1 heterocycles. The Balaban J connectivity index is 2.14. The Hall–Kier alpha value is -0.860. The Morgan fingerprint density at radius 2 is 1.93 bits per heavy atom. The van der Waals surface area contributed by atoms with Crippen molar-refractivity contribution in [1.82, 2.24) is 0 Å². The molecule has 1 aliphatic rings. The zero-order chi connectivity index (χ0) is 10.6. The lowest BCUT2D eigenvalue weighted by Gasteiger charge is -2.00. The minimum atomic E-state index is 0.282. The topological polar surface area (TPSA) is 26.0 Å². The third-order valence-electron chi connectivity index (χ3n) is 3.76. The van der Waals surface area contributed by atoms with Crippen LogP contribution in [0.5, 0.6) is 0 Å². The number of nitrogens with two attached hydrogens (primary N) is 1. The molecule has 2 atom stereocenters. The van der Waals surface area contributed by atoms with Crippen LogP contribution in [0.15, 0.2) is 29.6 Å². The summed E-state index contributed by atoms with van der Waals surface area (Å²) in [5, 5.41) is 3.68. The molecule has 2 aromatic rings. The second-order valence-electron chi connectivity index (χ2n) is 5.01. The molecule has 1 aromatic carbocycles. The van der Waals surface area contributed by atoms with Crippen molar-refractivity contribution in [3.8, 4) is 0 Å². The van der Waals surface area contributed by atoms with Gasteiger partial charge in [-0.2, -0.15) is 0 Å². The summed E-state index contributed by atoms with van der Waals surface area (Å²) < 4.78 is 1.38. The first-order chi connectivity index (χ1) is 7.12. The van der Waals surface area contributed by atoms with Crippen LogP contribution in [0.2, 0.25) is 0 Å². The highest BCUT2D eigenvalue weighted by Gasteiger charge is 2.56. The fourth-order valence-electron chi connectivity index (χ4n) is 2.51. The van der Waals surface area contributed by atoms with E-state index in [2.05, 4.69) is 43.5 Å². The molecule has 15 heavy (non-hydrogen) atoms. The molecule has 0 spiro atoms. The van der Waals surface area contributed by atoms with Crippen LogP contribution in [0.4, 0.5) is 0 Å². The van der Waals surface area contributed by atoms with Gasteiger partial charge in [-0.15, -0.1) is 11.3 Å².